The van der Waals surface area contributed by atoms with Crippen LogP contribution in [-0.2, 0) is 0 Å². The molecule has 4 heterocycles. The average Bonchev–Trinajstić information content (AvgIpc) is 3.27. The summed E-state index contributed by atoms with van der Waals surface area (Å²) in [4.78, 5) is 13.9. The highest BCUT2D eigenvalue weighted by Gasteiger charge is 2.11. The van der Waals surface area contributed by atoms with E-state index < -0.39 is 0 Å². The molecule has 6 aromatic rings. The van der Waals surface area contributed by atoms with Crippen LogP contribution in [0.5, 0.6) is 28.7 Å². The van der Waals surface area contributed by atoms with Crippen molar-refractivity contribution in [2.24, 2.45) is 0 Å². The van der Waals surface area contributed by atoms with Crippen molar-refractivity contribution in [2.75, 3.05) is 52.5 Å². The zero-order valence-electron chi connectivity index (χ0n) is 35.0. The van der Waals surface area contributed by atoms with Gasteiger partial charge in [-0.3, -0.25) is 14.9 Å². The van der Waals surface area contributed by atoms with Gasteiger partial charge in [-0.15, -0.1) is 0 Å². The number of benzene rings is 4. The lowest BCUT2D eigenvalue weighted by Crippen LogP contribution is -2.33. The Balaban J connectivity index is 0.000000175. The summed E-state index contributed by atoms with van der Waals surface area (Å²) in [5.41, 5.74) is 5.43. The number of aliphatic hydroxyl groups is 1. The summed E-state index contributed by atoms with van der Waals surface area (Å²) < 4.78 is 43.3. The van der Waals surface area contributed by atoms with Crippen LogP contribution in [0.25, 0.3) is 22.5 Å². The Bertz CT molecular complexity index is 2190. The minimum atomic E-state index is -0.287. The third-order valence-electron chi connectivity index (χ3n) is 10.2. The lowest BCUT2D eigenvalue weighted by molar-refractivity contribution is 0.173. The van der Waals surface area contributed by atoms with E-state index >= 15 is 0 Å². The predicted octanol–water partition coefficient (Wildman–Crippen LogP) is 12.0. The average molecular weight is 849 g/mol. The van der Waals surface area contributed by atoms with Gasteiger partial charge >= 0.3 is 0 Å². The summed E-state index contributed by atoms with van der Waals surface area (Å²) in [5, 5.41) is 9.24. The molecule has 0 radical (unpaired) electrons. The van der Waals surface area contributed by atoms with E-state index in [1.165, 1.54) is 89.0 Å². The van der Waals surface area contributed by atoms with E-state index in [1.807, 2.05) is 86.6 Å². The van der Waals surface area contributed by atoms with Gasteiger partial charge in [-0.05, 0) is 175 Å². The smallest absolute Gasteiger partial charge is 0.127 e. The fourth-order valence-corrected chi connectivity index (χ4v) is 7.37. The Morgan fingerprint density at radius 2 is 0.934 bits per heavy atom. The Kier molecular flexibility index (Phi) is 17.4. The molecular weight excluding hydrogens is 794 g/mol. The number of likely N-dealkylation sites (tertiary alicyclic amines) is 2. The van der Waals surface area contributed by atoms with Crippen LogP contribution >= 0.6 is 11.6 Å². The van der Waals surface area contributed by atoms with Crippen molar-refractivity contribution in [1.82, 2.24) is 19.8 Å². The summed E-state index contributed by atoms with van der Waals surface area (Å²) in [7, 11) is 0. The minimum absolute atomic E-state index is 0.280. The van der Waals surface area contributed by atoms with Gasteiger partial charge in [0.15, 0.2) is 0 Å². The minimum Gasteiger partial charge on any atom is -0.492 e. The Morgan fingerprint density at radius 3 is 1.38 bits per heavy atom. The van der Waals surface area contributed by atoms with Crippen molar-refractivity contribution in [3.8, 4) is 51.3 Å². The van der Waals surface area contributed by atoms with Gasteiger partial charge in [0.2, 0.25) is 0 Å². The van der Waals surface area contributed by atoms with Crippen LogP contribution in [0.15, 0.2) is 121 Å². The van der Waals surface area contributed by atoms with E-state index in [0.717, 1.165) is 52.7 Å². The van der Waals surface area contributed by atoms with Crippen LogP contribution in [-0.4, -0.2) is 77.4 Å². The maximum atomic E-state index is 13.0. The highest BCUT2D eigenvalue weighted by Crippen LogP contribution is 2.29. The number of pyridine rings is 2. The summed E-state index contributed by atoms with van der Waals surface area (Å²) in [6.45, 7) is 11.5. The second-order valence-electron chi connectivity index (χ2n) is 15.2. The first-order valence-corrected chi connectivity index (χ1v) is 21.5. The summed E-state index contributed by atoms with van der Waals surface area (Å²) in [5.74, 6) is 2.83. The number of ether oxygens (including phenoxy) is 3. The summed E-state index contributed by atoms with van der Waals surface area (Å²) in [6, 6.07) is 34.7. The number of nitrogens with zero attached hydrogens (tertiary/aromatic N) is 4. The summed E-state index contributed by atoms with van der Waals surface area (Å²) >= 11 is 6.06. The molecule has 0 aliphatic carbocycles. The largest absolute Gasteiger partial charge is 0.492 e. The molecule has 61 heavy (non-hydrogen) atoms. The van der Waals surface area contributed by atoms with E-state index in [0.29, 0.717) is 41.2 Å². The molecule has 0 amide bonds. The van der Waals surface area contributed by atoms with Gasteiger partial charge in [0.1, 0.15) is 47.0 Å². The number of hydrogen-bond acceptors (Lipinski definition) is 8. The molecule has 2 aromatic heterocycles. The fraction of sp³-hybridized carbons (Fsp3) is 0.320. The number of halogens is 3. The molecule has 0 atom stereocenters. The number of aryl methyl sites for hydroxylation is 2. The third-order valence-corrected chi connectivity index (χ3v) is 10.5. The third kappa shape index (κ3) is 15.2. The van der Waals surface area contributed by atoms with Crippen LogP contribution in [0.4, 0.5) is 8.78 Å². The molecule has 2 saturated heterocycles. The van der Waals surface area contributed by atoms with Crippen LogP contribution in [0.1, 0.15) is 49.9 Å². The number of aromatic nitrogens is 2. The van der Waals surface area contributed by atoms with E-state index in [1.54, 1.807) is 24.3 Å². The van der Waals surface area contributed by atoms with Crippen molar-refractivity contribution in [3.63, 3.8) is 0 Å². The maximum Gasteiger partial charge on any atom is 0.127 e. The van der Waals surface area contributed by atoms with Crippen molar-refractivity contribution in [2.45, 2.75) is 52.4 Å². The molecule has 4 aromatic carbocycles. The van der Waals surface area contributed by atoms with Crippen molar-refractivity contribution in [3.05, 3.63) is 149 Å². The molecule has 1 N–H and O–H groups in total. The molecule has 8 nitrogen and oxygen atoms in total. The van der Waals surface area contributed by atoms with E-state index in [-0.39, 0.29) is 11.6 Å². The van der Waals surface area contributed by atoms with E-state index in [2.05, 4.69) is 19.8 Å². The van der Waals surface area contributed by atoms with Gasteiger partial charge in [0.25, 0.3) is 0 Å². The maximum absolute atomic E-state index is 13.0. The summed E-state index contributed by atoms with van der Waals surface area (Å²) in [6.07, 6.45) is 7.94. The molecule has 8 rings (SSSR count). The first-order valence-electron chi connectivity index (χ1n) is 21.1. The molecule has 2 aliphatic heterocycles. The van der Waals surface area contributed by atoms with Crippen molar-refractivity contribution < 1.29 is 28.1 Å². The normalized spacial score (nSPS) is 14.2. The highest BCUT2D eigenvalue weighted by molar-refractivity contribution is 6.30. The number of piperidine rings is 2. The lowest BCUT2D eigenvalue weighted by Gasteiger charge is -2.26. The number of rotatable bonds is 12. The SMILES string of the molecule is Cc1cc(Cl)cc(-c2ccc(Oc3ccc(F)cc3)cc2)n1.Cc1cc(OCCN2CCCCC2)cc(-c2ccc(Oc3ccc(F)cc3)cc2)n1.OCCN1CCCCC1. The Hall–Kier alpha value is -5.39. The molecule has 2 aliphatic rings. The van der Waals surface area contributed by atoms with Gasteiger partial charge in [-0.25, -0.2) is 8.78 Å². The number of aliphatic hydroxyl groups excluding tert-OH is 1. The predicted molar refractivity (Wildman–Crippen MR) is 240 cm³/mol. The molecule has 0 bridgehead atoms. The number of β-amino-alcohol motifs (C(OH)–C–C–N with tert-alkyl or cyclic N) is 1. The van der Waals surface area contributed by atoms with Gasteiger partial charge in [-0.1, -0.05) is 24.4 Å². The van der Waals surface area contributed by atoms with Crippen LogP contribution in [0, 0.1) is 25.5 Å². The van der Waals surface area contributed by atoms with E-state index in [9.17, 15) is 8.78 Å². The van der Waals surface area contributed by atoms with Crippen LogP contribution < -0.4 is 14.2 Å². The monoisotopic (exact) mass is 848 g/mol. The Morgan fingerprint density at radius 1 is 0.525 bits per heavy atom. The van der Waals surface area contributed by atoms with Gasteiger partial charge < -0.3 is 24.2 Å². The van der Waals surface area contributed by atoms with Crippen molar-refractivity contribution >= 4 is 11.6 Å². The zero-order valence-corrected chi connectivity index (χ0v) is 35.8. The Labute approximate surface area is 363 Å². The van der Waals surface area contributed by atoms with Crippen LogP contribution in [0.2, 0.25) is 5.02 Å². The first kappa shape index (κ1) is 45.1. The standard InChI is InChI=1S/C25H27FN2O2.C18H13ClFNO.C7H15NO/c1-19-17-24(29-16-15-28-13-3-2-4-14-28)18-25(27-19)20-5-9-22(10-6-20)30-23-11-7-21(26)8-12-23;1-12-10-14(19)11-18(21-12)13-2-6-16(7-3-13)22-17-8-4-15(20)5-9-17;9-7-6-8-4-2-1-3-5-8/h5-12,17-18H,2-4,13-16H2,1H3;2-11H,1H3;9H,1-7H2. The van der Waals surface area contributed by atoms with Gasteiger partial charge in [0.05, 0.1) is 18.0 Å². The quantitative estimate of drug-likeness (QED) is 0.130. The van der Waals surface area contributed by atoms with E-state index in [4.69, 9.17) is 30.9 Å². The zero-order chi connectivity index (χ0) is 42.8. The highest BCUT2D eigenvalue weighted by atomic mass is 35.5. The molecule has 0 spiro atoms. The van der Waals surface area contributed by atoms with Gasteiger partial charge in [-0.2, -0.15) is 0 Å². The molecule has 0 unspecified atom stereocenters. The second kappa shape index (κ2) is 23.6. The number of hydrogen-bond donors (Lipinski definition) is 1. The molecule has 2 fully saturated rings. The van der Waals surface area contributed by atoms with Gasteiger partial charge in [0, 0.05) is 52.8 Å². The van der Waals surface area contributed by atoms with Crippen molar-refractivity contribution in [1.29, 1.82) is 0 Å². The fourth-order valence-electron chi connectivity index (χ4n) is 7.11. The first-order chi connectivity index (χ1) is 29.7. The molecule has 11 heteroatoms. The molecule has 320 valence electrons. The lowest BCUT2D eigenvalue weighted by atomic mass is 10.1. The second-order valence-corrected chi connectivity index (χ2v) is 15.6. The molecule has 0 saturated carbocycles. The topological polar surface area (TPSA) is 80.2 Å². The van der Waals surface area contributed by atoms with Crippen LogP contribution in [0.3, 0.4) is 0 Å². The molecular formula is C50H55ClF2N4O4.